The lowest BCUT2D eigenvalue weighted by Crippen LogP contribution is -2.48. The molecule has 1 heterocycles. The van der Waals surface area contributed by atoms with Crippen molar-refractivity contribution in [3.63, 3.8) is 0 Å². The van der Waals surface area contributed by atoms with Gasteiger partial charge in [0.2, 0.25) is 0 Å². The highest BCUT2D eigenvalue weighted by Crippen LogP contribution is 2.20. The molecule has 1 aliphatic heterocycles. The molecule has 3 atom stereocenters. The zero-order valence-electron chi connectivity index (χ0n) is 9.04. The van der Waals surface area contributed by atoms with Gasteiger partial charge in [-0.05, 0) is 30.7 Å². The third kappa shape index (κ3) is 2.66. The molecule has 5 heteroatoms. The van der Waals surface area contributed by atoms with Crippen molar-refractivity contribution in [2.75, 3.05) is 6.61 Å². The summed E-state index contributed by atoms with van der Waals surface area (Å²) in [7, 11) is 0. The van der Waals surface area contributed by atoms with E-state index in [4.69, 9.17) is 16.3 Å². The number of hydrogen-bond donors (Lipinski definition) is 2. The fourth-order valence-electron chi connectivity index (χ4n) is 1.80. The van der Waals surface area contributed by atoms with Gasteiger partial charge in [-0.2, -0.15) is 0 Å². The van der Waals surface area contributed by atoms with Crippen LogP contribution in [0.15, 0.2) is 24.3 Å². The fraction of sp³-hybridized carbons (Fsp3) is 0.417. The van der Waals surface area contributed by atoms with Gasteiger partial charge in [-0.3, -0.25) is 4.79 Å². The number of aliphatic hydroxyl groups excluding tert-OH is 2. The van der Waals surface area contributed by atoms with Gasteiger partial charge < -0.3 is 14.9 Å². The molecule has 0 amide bonds. The Hall–Kier alpha value is -0.940. The van der Waals surface area contributed by atoms with Crippen LogP contribution in [0.25, 0.3) is 0 Å². The topological polar surface area (TPSA) is 66.8 Å². The number of ether oxygens (including phenoxy) is 1. The Kier molecular flexibility index (Phi) is 3.79. The van der Waals surface area contributed by atoms with Crippen LogP contribution < -0.4 is 0 Å². The third-order valence-corrected chi connectivity index (χ3v) is 3.05. The van der Waals surface area contributed by atoms with Gasteiger partial charge in [-0.15, -0.1) is 0 Å². The van der Waals surface area contributed by atoms with Gasteiger partial charge in [0, 0.05) is 10.6 Å². The number of ketones is 1. The van der Waals surface area contributed by atoms with Gasteiger partial charge in [0.05, 0.1) is 12.7 Å². The molecule has 0 spiro atoms. The van der Waals surface area contributed by atoms with Crippen molar-refractivity contribution in [3.05, 3.63) is 34.9 Å². The Morgan fingerprint density at radius 3 is 2.59 bits per heavy atom. The van der Waals surface area contributed by atoms with Crippen molar-refractivity contribution in [1.82, 2.24) is 0 Å². The second-order valence-electron chi connectivity index (χ2n) is 4.01. The molecule has 3 unspecified atom stereocenters. The number of aliphatic hydroxyl groups is 2. The molecule has 2 N–H and O–H groups in total. The molecular formula is C12H13ClO4. The number of rotatable bonds is 2. The van der Waals surface area contributed by atoms with E-state index >= 15 is 0 Å². The van der Waals surface area contributed by atoms with Gasteiger partial charge in [0.25, 0.3) is 0 Å². The summed E-state index contributed by atoms with van der Waals surface area (Å²) in [6.07, 6.45) is -2.75. The lowest BCUT2D eigenvalue weighted by atomic mass is 9.95. The monoisotopic (exact) mass is 256 g/mol. The minimum atomic E-state index is -1.17. The predicted molar refractivity (Wildman–Crippen MR) is 62.2 cm³/mol. The molecule has 17 heavy (non-hydrogen) atoms. The van der Waals surface area contributed by atoms with E-state index < -0.39 is 18.3 Å². The number of benzene rings is 1. The van der Waals surface area contributed by atoms with Crippen molar-refractivity contribution in [3.8, 4) is 0 Å². The lowest BCUT2D eigenvalue weighted by molar-refractivity contribution is -0.117. The molecule has 0 saturated carbocycles. The van der Waals surface area contributed by atoms with Gasteiger partial charge >= 0.3 is 0 Å². The van der Waals surface area contributed by atoms with Crippen molar-refractivity contribution in [2.24, 2.45) is 0 Å². The van der Waals surface area contributed by atoms with E-state index in [9.17, 15) is 15.0 Å². The largest absolute Gasteiger partial charge is 0.390 e. The molecule has 1 aromatic rings. The molecule has 92 valence electrons. The molecular weight excluding hydrogens is 244 g/mol. The van der Waals surface area contributed by atoms with Crippen LogP contribution in [0.1, 0.15) is 16.8 Å². The Morgan fingerprint density at radius 2 is 1.94 bits per heavy atom. The van der Waals surface area contributed by atoms with Crippen LogP contribution >= 0.6 is 11.6 Å². The molecule has 0 bridgehead atoms. The molecule has 0 radical (unpaired) electrons. The van der Waals surface area contributed by atoms with Crippen LogP contribution in [-0.4, -0.2) is 40.9 Å². The smallest absolute Gasteiger partial charge is 0.194 e. The second kappa shape index (κ2) is 5.14. The number of carbonyl (C=O) groups excluding carboxylic acids is 1. The van der Waals surface area contributed by atoms with Gasteiger partial charge in [-0.25, -0.2) is 0 Å². The summed E-state index contributed by atoms with van der Waals surface area (Å²) in [5.74, 6) is -0.340. The second-order valence-corrected chi connectivity index (χ2v) is 4.45. The standard InChI is InChI=1S/C12H13ClO4/c13-8-3-1-7(2-4-8)10(15)12-11(16)9(14)5-6-17-12/h1-4,9,11-12,14,16H,5-6H2. The number of Topliss-reactive ketones (excluding diaryl/α,β-unsaturated/α-hetero) is 1. The first-order valence-corrected chi connectivity index (χ1v) is 5.75. The van der Waals surface area contributed by atoms with Crippen LogP contribution in [0.5, 0.6) is 0 Å². The Labute approximate surface area is 104 Å². The molecule has 1 aliphatic rings. The molecule has 1 fully saturated rings. The average Bonchev–Trinajstić information content (AvgIpc) is 2.33. The maximum Gasteiger partial charge on any atom is 0.194 e. The van der Waals surface area contributed by atoms with Crippen molar-refractivity contribution in [1.29, 1.82) is 0 Å². The van der Waals surface area contributed by atoms with Crippen LogP contribution in [0.3, 0.4) is 0 Å². The van der Waals surface area contributed by atoms with Crippen molar-refractivity contribution in [2.45, 2.75) is 24.7 Å². The van der Waals surface area contributed by atoms with E-state index in [1.165, 1.54) is 0 Å². The molecule has 1 saturated heterocycles. The van der Waals surface area contributed by atoms with E-state index in [0.717, 1.165) is 0 Å². The average molecular weight is 257 g/mol. The SMILES string of the molecule is O=C(c1ccc(Cl)cc1)C1OCCC(O)C1O. The van der Waals surface area contributed by atoms with Crippen LogP contribution in [0.2, 0.25) is 5.02 Å². The minimum Gasteiger partial charge on any atom is -0.390 e. The van der Waals surface area contributed by atoms with E-state index in [1.54, 1.807) is 24.3 Å². The minimum absolute atomic E-state index is 0.266. The quantitative estimate of drug-likeness (QED) is 0.776. The lowest BCUT2D eigenvalue weighted by Gasteiger charge is -2.30. The zero-order valence-corrected chi connectivity index (χ0v) is 9.80. The summed E-state index contributed by atoms with van der Waals surface area (Å²) < 4.78 is 5.21. The number of carbonyl (C=O) groups is 1. The molecule has 2 rings (SSSR count). The summed E-state index contributed by atoms with van der Waals surface area (Å²) in [5, 5.41) is 19.7. The van der Waals surface area contributed by atoms with Crippen LogP contribution in [-0.2, 0) is 4.74 Å². The van der Waals surface area contributed by atoms with E-state index in [0.29, 0.717) is 17.0 Å². The molecule has 4 nitrogen and oxygen atoms in total. The van der Waals surface area contributed by atoms with E-state index in [-0.39, 0.29) is 12.4 Å². The van der Waals surface area contributed by atoms with Crippen LogP contribution in [0, 0.1) is 0 Å². The van der Waals surface area contributed by atoms with E-state index in [1.807, 2.05) is 0 Å². The van der Waals surface area contributed by atoms with Gasteiger partial charge in [-0.1, -0.05) is 11.6 Å². The van der Waals surface area contributed by atoms with Gasteiger partial charge in [0.15, 0.2) is 5.78 Å². The molecule has 0 aromatic heterocycles. The highest BCUT2D eigenvalue weighted by molar-refractivity contribution is 6.30. The summed E-state index contributed by atoms with van der Waals surface area (Å²) in [4.78, 5) is 12.0. The highest BCUT2D eigenvalue weighted by Gasteiger charge is 2.36. The summed E-state index contributed by atoms with van der Waals surface area (Å²) >= 11 is 5.72. The van der Waals surface area contributed by atoms with Gasteiger partial charge in [0.1, 0.15) is 12.2 Å². The first kappa shape index (κ1) is 12.5. The van der Waals surface area contributed by atoms with Crippen molar-refractivity contribution >= 4 is 17.4 Å². The van der Waals surface area contributed by atoms with Crippen LogP contribution in [0.4, 0.5) is 0 Å². The Bertz CT molecular complexity index is 403. The van der Waals surface area contributed by atoms with Crippen molar-refractivity contribution < 1.29 is 19.7 Å². The zero-order chi connectivity index (χ0) is 12.4. The first-order chi connectivity index (χ1) is 8.09. The summed E-state index contributed by atoms with van der Waals surface area (Å²) in [5.41, 5.74) is 0.410. The maximum absolute atomic E-state index is 12.0. The maximum atomic E-state index is 12.0. The predicted octanol–water partition coefficient (Wildman–Crippen LogP) is 1.03. The number of hydrogen-bond acceptors (Lipinski definition) is 4. The molecule has 0 aliphatic carbocycles. The Morgan fingerprint density at radius 1 is 1.29 bits per heavy atom. The fourth-order valence-corrected chi connectivity index (χ4v) is 1.92. The summed E-state index contributed by atoms with van der Waals surface area (Å²) in [6, 6.07) is 6.34. The van der Waals surface area contributed by atoms with E-state index in [2.05, 4.69) is 0 Å². The first-order valence-electron chi connectivity index (χ1n) is 5.37. The molecule has 1 aromatic carbocycles. The highest BCUT2D eigenvalue weighted by atomic mass is 35.5. The Balaban J connectivity index is 2.16. The summed E-state index contributed by atoms with van der Waals surface area (Å²) in [6.45, 7) is 0.266. The third-order valence-electron chi connectivity index (χ3n) is 2.80. The normalized spacial score (nSPS) is 29.0. The number of halogens is 1.